The number of carbonyl (C=O) groups excluding carboxylic acids is 1. The Bertz CT molecular complexity index is 848. The van der Waals surface area contributed by atoms with Crippen LogP contribution in [-0.4, -0.2) is 60.0 Å². The molecule has 3 heterocycles. The Morgan fingerprint density at radius 1 is 0.935 bits per heavy atom. The van der Waals surface area contributed by atoms with Gasteiger partial charge in [-0.1, -0.05) is 32.0 Å². The molecule has 0 atom stereocenters. The average Bonchev–Trinajstić information content (AvgIpc) is 3.13. The molecule has 168 valence electrons. The van der Waals surface area contributed by atoms with Gasteiger partial charge in [0.25, 0.3) is 0 Å². The van der Waals surface area contributed by atoms with Gasteiger partial charge in [-0.2, -0.15) is 0 Å². The Balaban J connectivity index is 0.00000132. The standard InChI is InChI=1S/C23H31N5O.C2H6/c1-18-16-22(25-19(2)24-18)27-12-7-11-26(14-15-27)17-23(29)28-13-6-5-9-20-8-3-4-10-21(20)28;1-2/h3-4,8,10,16H,5-7,9,11-15,17H2,1-2H3;1-2H3. The van der Waals surface area contributed by atoms with Gasteiger partial charge in [-0.05, 0) is 51.2 Å². The van der Waals surface area contributed by atoms with Gasteiger partial charge < -0.3 is 9.80 Å². The van der Waals surface area contributed by atoms with Gasteiger partial charge >= 0.3 is 0 Å². The lowest BCUT2D eigenvalue weighted by molar-refractivity contribution is -0.119. The predicted molar refractivity (Wildman–Crippen MR) is 128 cm³/mol. The fraction of sp³-hybridized carbons (Fsp3) is 0.560. The minimum Gasteiger partial charge on any atom is -0.355 e. The third-order valence-corrected chi connectivity index (χ3v) is 5.89. The van der Waals surface area contributed by atoms with Gasteiger partial charge in [0, 0.05) is 50.2 Å². The van der Waals surface area contributed by atoms with Crippen molar-refractivity contribution in [2.45, 2.75) is 53.4 Å². The summed E-state index contributed by atoms with van der Waals surface area (Å²) in [7, 11) is 0. The predicted octanol–water partition coefficient (Wildman–Crippen LogP) is 4.00. The van der Waals surface area contributed by atoms with E-state index < -0.39 is 0 Å². The molecule has 1 amide bonds. The first kappa shape index (κ1) is 23.2. The highest BCUT2D eigenvalue weighted by Gasteiger charge is 2.24. The topological polar surface area (TPSA) is 52.6 Å². The van der Waals surface area contributed by atoms with Crippen molar-refractivity contribution in [2.75, 3.05) is 49.1 Å². The average molecular weight is 424 g/mol. The van der Waals surface area contributed by atoms with Crippen LogP contribution in [0.5, 0.6) is 0 Å². The van der Waals surface area contributed by atoms with Crippen LogP contribution in [0.2, 0.25) is 0 Å². The summed E-state index contributed by atoms with van der Waals surface area (Å²) >= 11 is 0. The summed E-state index contributed by atoms with van der Waals surface area (Å²) in [6, 6.07) is 10.4. The fourth-order valence-corrected chi connectivity index (χ4v) is 4.44. The van der Waals surface area contributed by atoms with E-state index in [4.69, 9.17) is 0 Å². The highest BCUT2D eigenvalue weighted by atomic mass is 16.2. The number of amides is 1. The van der Waals surface area contributed by atoms with Crippen molar-refractivity contribution in [1.82, 2.24) is 14.9 Å². The Morgan fingerprint density at radius 2 is 1.74 bits per heavy atom. The Kier molecular flexibility index (Phi) is 8.41. The van der Waals surface area contributed by atoms with Crippen molar-refractivity contribution in [3.05, 3.63) is 47.4 Å². The summed E-state index contributed by atoms with van der Waals surface area (Å²) in [5.41, 5.74) is 3.41. The molecular formula is C25H37N5O. The molecule has 6 heteroatoms. The molecule has 1 aromatic carbocycles. The van der Waals surface area contributed by atoms with E-state index in [0.717, 1.165) is 81.4 Å². The molecule has 0 unspecified atom stereocenters. The molecule has 2 aliphatic rings. The van der Waals surface area contributed by atoms with E-state index >= 15 is 0 Å². The van der Waals surface area contributed by atoms with E-state index in [1.54, 1.807) is 0 Å². The molecule has 0 spiro atoms. The molecule has 0 N–H and O–H groups in total. The maximum Gasteiger partial charge on any atom is 0.241 e. The van der Waals surface area contributed by atoms with Crippen LogP contribution < -0.4 is 9.80 Å². The maximum absolute atomic E-state index is 13.2. The van der Waals surface area contributed by atoms with Crippen molar-refractivity contribution in [2.24, 2.45) is 0 Å². The Labute approximate surface area is 187 Å². The smallest absolute Gasteiger partial charge is 0.241 e. The summed E-state index contributed by atoms with van der Waals surface area (Å²) in [6.07, 6.45) is 4.32. The number of nitrogens with zero attached hydrogens (tertiary/aromatic N) is 5. The summed E-state index contributed by atoms with van der Waals surface area (Å²) in [6.45, 7) is 13.0. The second-order valence-electron chi connectivity index (χ2n) is 8.16. The van der Waals surface area contributed by atoms with Gasteiger partial charge in [-0.25, -0.2) is 9.97 Å². The van der Waals surface area contributed by atoms with Crippen molar-refractivity contribution < 1.29 is 4.79 Å². The van der Waals surface area contributed by atoms with Gasteiger partial charge in [0.2, 0.25) is 5.91 Å². The highest BCUT2D eigenvalue weighted by Crippen LogP contribution is 2.26. The third-order valence-electron chi connectivity index (χ3n) is 5.89. The fourth-order valence-electron chi connectivity index (χ4n) is 4.44. The van der Waals surface area contributed by atoms with Crippen molar-refractivity contribution >= 4 is 17.4 Å². The van der Waals surface area contributed by atoms with Gasteiger partial charge in [0.05, 0.1) is 6.54 Å². The molecule has 2 aromatic rings. The monoisotopic (exact) mass is 423 g/mol. The van der Waals surface area contributed by atoms with Gasteiger partial charge in [-0.15, -0.1) is 0 Å². The van der Waals surface area contributed by atoms with Gasteiger partial charge in [0.1, 0.15) is 11.6 Å². The lowest BCUT2D eigenvalue weighted by Crippen LogP contribution is -2.42. The number of fused-ring (bicyclic) bond motifs is 1. The number of aryl methyl sites for hydroxylation is 3. The molecule has 31 heavy (non-hydrogen) atoms. The number of rotatable bonds is 3. The number of carbonyl (C=O) groups is 1. The summed E-state index contributed by atoms with van der Waals surface area (Å²) in [5, 5.41) is 0. The van der Waals surface area contributed by atoms with Crippen LogP contribution in [-0.2, 0) is 11.2 Å². The second kappa shape index (κ2) is 11.2. The molecule has 1 fully saturated rings. The first-order valence-corrected chi connectivity index (χ1v) is 11.8. The number of hydrogen-bond acceptors (Lipinski definition) is 5. The second-order valence-corrected chi connectivity index (χ2v) is 8.16. The Morgan fingerprint density at radius 3 is 2.55 bits per heavy atom. The van der Waals surface area contributed by atoms with Crippen LogP contribution in [0.4, 0.5) is 11.5 Å². The van der Waals surface area contributed by atoms with E-state index in [1.165, 1.54) is 5.56 Å². The SMILES string of the molecule is CC.Cc1cc(N2CCCN(CC(=O)N3CCCCc4ccccc43)CC2)nc(C)n1. The number of benzene rings is 1. The molecule has 2 aliphatic heterocycles. The number of anilines is 2. The zero-order valence-corrected chi connectivity index (χ0v) is 19.6. The van der Waals surface area contributed by atoms with E-state index in [9.17, 15) is 4.79 Å². The molecule has 4 rings (SSSR count). The largest absolute Gasteiger partial charge is 0.355 e. The van der Waals surface area contributed by atoms with Gasteiger partial charge in [0.15, 0.2) is 0 Å². The Hall–Kier alpha value is -2.47. The molecule has 0 bridgehead atoms. The lowest BCUT2D eigenvalue weighted by atomic mass is 10.1. The van der Waals surface area contributed by atoms with Crippen LogP contribution >= 0.6 is 0 Å². The first-order chi connectivity index (χ1) is 15.1. The summed E-state index contributed by atoms with van der Waals surface area (Å²) < 4.78 is 0. The lowest BCUT2D eigenvalue weighted by Gasteiger charge is -2.27. The molecule has 1 aromatic heterocycles. The minimum atomic E-state index is 0.224. The van der Waals surface area contributed by atoms with E-state index in [1.807, 2.05) is 38.7 Å². The zero-order chi connectivity index (χ0) is 22.2. The number of aromatic nitrogens is 2. The van der Waals surface area contributed by atoms with Crippen molar-refractivity contribution in [3.63, 3.8) is 0 Å². The van der Waals surface area contributed by atoms with Crippen LogP contribution in [0, 0.1) is 13.8 Å². The molecule has 6 nitrogen and oxygen atoms in total. The van der Waals surface area contributed by atoms with Crippen LogP contribution in [0.3, 0.4) is 0 Å². The summed E-state index contributed by atoms with van der Waals surface area (Å²) in [4.78, 5) is 28.8. The zero-order valence-electron chi connectivity index (χ0n) is 19.6. The highest BCUT2D eigenvalue weighted by molar-refractivity contribution is 5.95. The van der Waals surface area contributed by atoms with Gasteiger partial charge in [-0.3, -0.25) is 9.69 Å². The molecule has 1 saturated heterocycles. The molecular weight excluding hydrogens is 386 g/mol. The normalized spacial score (nSPS) is 17.2. The first-order valence-electron chi connectivity index (χ1n) is 11.8. The van der Waals surface area contributed by atoms with Crippen molar-refractivity contribution in [1.29, 1.82) is 0 Å². The quantitative estimate of drug-likeness (QED) is 0.747. The maximum atomic E-state index is 13.2. The summed E-state index contributed by atoms with van der Waals surface area (Å²) in [5.74, 6) is 2.04. The van der Waals surface area contributed by atoms with Crippen molar-refractivity contribution in [3.8, 4) is 0 Å². The minimum absolute atomic E-state index is 0.224. The number of hydrogen-bond donors (Lipinski definition) is 0. The van der Waals surface area contributed by atoms with E-state index in [0.29, 0.717) is 6.54 Å². The van der Waals surface area contributed by atoms with E-state index in [-0.39, 0.29) is 5.91 Å². The third kappa shape index (κ3) is 6.03. The van der Waals surface area contributed by atoms with Crippen LogP contribution in [0.1, 0.15) is 50.2 Å². The molecule has 0 radical (unpaired) electrons. The van der Waals surface area contributed by atoms with Crippen LogP contribution in [0.25, 0.3) is 0 Å². The van der Waals surface area contributed by atoms with E-state index in [2.05, 4.69) is 44.0 Å². The molecule has 0 aliphatic carbocycles. The molecule has 0 saturated carbocycles. The van der Waals surface area contributed by atoms with Crippen LogP contribution in [0.15, 0.2) is 30.3 Å². The number of para-hydroxylation sites is 1.